The van der Waals surface area contributed by atoms with Crippen LogP contribution in [0.1, 0.15) is 35.5 Å². The maximum atomic E-state index is 14.2. The molecule has 1 N–H and O–H groups in total. The number of fused-ring (bicyclic) bond motifs is 1. The second kappa shape index (κ2) is 9.09. The molecule has 0 spiro atoms. The molecule has 6 rings (SSSR count). The van der Waals surface area contributed by atoms with Crippen molar-refractivity contribution in [3.63, 3.8) is 0 Å². The first kappa shape index (κ1) is 22.8. The highest BCUT2D eigenvalue weighted by Crippen LogP contribution is 2.39. The fourth-order valence-electron chi connectivity index (χ4n) is 4.63. The van der Waals surface area contributed by atoms with Gasteiger partial charge in [-0.15, -0.1) is 0 Å². The summed E-state index contributed by atoms with van der Waals surface area (Å²) < 4.78 is 30.8. The number of nitrogens with one attached hydrogen (secondary N) is 1. The van der Waals surface area contributed by atoms with Crippen molar-refractivity contribution in [1.29, 1.82) is 0 Å². The van der Waals surface area contributed by atoms with E-state index in [1.807, 2.05) is 44.2 Å². The predicted octanol–water partition coefficient (Wildman–Crippen LogP) is 5.61. The number of rotatable bonds is 5. The Balaban J connectivity index is 1.44. The Bertz CT molecular complexity index is 1550. The van der Waals surface area contributed by atoms with E-state index in [4.69, 9.17) is 14.0 Å². The molecule has 0 saturated carbocycles. The van der Waals surface area contributed by atoms with Crippen molar-refractivity contribution < 1.29 is 23.2 Å². The normalized spacial score (nSPS) is 16.8. The van der Waals surface area contributed by atoms with E-state index in [1.165, 1.54) is 12.1 Å². The summed E-state index contributed by atoms with van der Waals surface area (Å²) in [6.07, 6.45) is 0. The van der Waals surface area contributed by atoms with Crippen molar-refractivity contribution in [1.82, 2.24) is 20.4 Å². The summed E-state index contributed by atoms with van der Waals surface area (Å²) >= 11 is 0. The van der Waals surface area contributed by atoms with Gasteiger partial charge in [0.05, 0.1) is 18.2 Å². The lowest BCUT2D eigenvalue weighted by molar-refractivity contribution is 0.174. The Kier molecular flexibility index (Phi) is 5.60. The number of carbonyl (C=O) groups excluding carboxylic acids is 1. The average molecular weight is 499 g/mol. The van der Waals surface area contributed by atoms with Crippen LogP contribution in [0, 0.1) is 12.7 Å². The van der Waals surface area contributed by atoms with Gasteiger partial charge in [-0.25, -0.2) is 9.18 Å². The van der Waals surface area contributed by atoms with Crippen LogP contribution in [-0.4, -0.2) is 27.9 Å². The predicted molar refractivity (Wildman–Crippen MR) is 133 cm³/mol. The van der Waals surface area contributed by atoms with Crippen molar-refractivity contribution in [2.75, 3.05) is 6.79 Å². The maximum absolute atomic E-state index is 14.2. The molecule has 1 aromatic heterocycles. The molecule has 3 aromatic carbocycles. The minimum Gasteiger partial charge on any atom is -0.454 e. The zero-order valence-electron chi connectivity index (χ0n) is 20.2. The van der Waals surface area contributed by atoms with Gasteiger partial charge in [0, 0.05) is 11.3 Å². The summed E-state index contributed by atoms with van der Waals surface area (Å²) in [6, 6.07) is 18.4. The van der Waals surface area contributed by atoms with Crippen LogP contribution >= 0.6 is 0 Å². The Labute approximate surface area is 212 Å². The largest absolute Gasteiger partial charge is 0.454 e. The monoisotopic (exact) mass is 498 g/mol. The van der Waals surface area contributed by atoms with Crippen molar-refractivity contribution in [3.05, 3.63) is 101 Å². The summed E-state index contributed by atoms with van der Waals surface area (Å²) in [5.74, 6) is 1.44. The molecule has 37 heavy (non-hydrogen) atoms. The summed E-state index contributed by atoms with van der Waals surface area (Å²) in [6.45, 7) is 4.35. The molecule has 8 nitrogen and oxygen atoms in total. The van der Waals surface area contributed by atoms with Gasteiger partial charge in [-0.3, -0.25) is 4.90 Å². The lowest BCUT2D eigenvalue weighted by atomic mass is 9.94. The van der Waals surface area contributed by atoms with Crippen LogP contribution < -0.4 is 14.8 Å². The fraction of sp³-hybridized carbons (Fsp3) is 0.179. The van der Waals surface area contributed by atoms with Gasteiger partial charge in [0.1, 0.15) is 5.82 Å². The van der Waals surface area contributed by atoms with Crippen LogP contribution in [0.15, 0.2) is 77.0 Å². The van der Waals surface area contributed by atoms with E-state index in [0.717, 1.165) is 11.1 Å². The van der Waals surface area contributed by atoms with Gasteiger partial charge < -0.3 is 19.3 Å². The third-order valence-electron chi connectivity index (χ3n) is 6.66. The molecule has 2 amide bonds. The van der Waals surface area contributed by atoms with Gasteiger partial charge in [0.25, 0.3) is 5.89 Å². The molecular weight excluding hydrogens is 475 g/mol. The molecule has 9 heteroatoms. The van der Waals surface area contributed by atoms with E-state index in [9.17, 15) is 9.18 Å². The number of amides is 2. The number of aryl methyl sites for hydroxylation is 1. The smallest absolute Gasteiger partial charge is 0.322 e. The number of nitrogens with zero attached hydrogens (tertiary/aromatic N) is 3. The summed E-state index contributed by atoms with van der Waals surface area (Å²) in [4.78, 5) is 19.6. The highest BCUT2D eigenvalue weighted by Gasteiger charge is 2.36. The zero-order chi connectivity index (χ0) is 25.5. The SMILES string of the molecule is CC1=C(c2nc(-c3ccc4c(c3)OCO4)no2)C(c2cccc(F)c2)NC(=O)N1Cc1ccccc1C. The third-order valence-corrected chi connectivity index (χ3v) is 6.66. The Hall–Kier alpha value is -4.66. The minimum absolute atomic E-state index is 0.161. The number of ether oxygens (including phenoxy) is 2. The molecule has 1 atom stereocenters. The molecule has 0 aliphatic carbocycles. The molecule has 4 aromatic rings. The molecule has 186 valence electrons. The van der Waals surface area contributed by atoms with Gasteiger partial charge in [-0.05, 0) is 60.9 Å². The highest BCUT2D eigenvalue weighted by atomic mass is 19.1. The molecule has 0 bridgehead atoms. The molecular formula is C28H23FN4O4. The van der Waals surface area contributed by atoms with Gasteiger partial charge in [-0.1, -0.05) is 41.6 Å². The number of aromatic nitrogens is 2. The van der Waals surface area contributed by atoms with E-state index >= 15 is 0 Å². The summed E-state index contributed by atoms with van der Waals surface area (Å²) in [5.41, 5.74) is 4.57. The Morgan fingerprint density at radius 2 is 1.86 bits per heavy atom. The van der Waals surface area contributed by atoms with E-state index in [2.05, 4.69) is 15.5 Å². The van der Waals surface area contributed by atoms with E-state index in [1.54, 1.807) is 29.2 Å². The number of allylic oxidation sites excluding steroid dienone is 1. The van der Waals surface area contributed by atoms with Crippen molar-refractivity contribution >= 4 is 11.6 Å². The average Bonchev–Trinajstić information content (AvgIpc) is 3.56. The number of hydrogen-bond donors (Lipinski definition) is 1. The highest BCUT2D eigenvalue weighted by molar-refractivity contribution is 5.87. The first-order valence-corrected chi connectivity index (χ1v) is 11.8. The molecule has 0 fully saturated rings. The number of hydrogen-bond acceptors (Lipinski definition) is 6. The van der Waals surface area contributed by atoms with Crippen molar-refractivity contribution in [2.24, 2.45) is 0 Å². The molecule has 0 saturated heterocycles. The van der Waals surface area contributed by atoms with E-state index in [0.29, 0.717) is 46.3 Å². The number of benzene rings is 3. The molecule has 1 unspecified atom stereocenters. The van der Waals surface area contributed by atoms with Crippen LogP contribution in [0.4, 0.5) is 9.18 Å². The van der Waals surface area contributed by atoms with Crippen LogP contribution in [0.3, 0.4) is 0 Å². The topological polar surface area (TPSA) is 89.7 Å². The van der Waals surface area contributed by atoms with Crippen molar-refractivity contribution in [2.45, 2.75) is 26.4 Å². The first-order chi connectivity index (χ1) is 18.0. The Morgan fingerprint density at radius 1 is 1.03 bits per heavy atom. The maximum Gasteiger partial charge on any atom is 0.322 e. The second-order valence-corrected chi connectivity index (χ2v) is 8.94. The molecule has 2 aliphatic rings. The third kappa shape index (κ3) is 4.18. The standard InChI is InChI=1S/C28H23FN4O4/c1-16-6-3-4-7-20(16)14-33-17(2)24(25(30-28(33)34)18-8-5-9-21(29)12-18)27-31-26(32-37-27)19-10-11-22-23(13-19)36-15-35-22/h3-13,25H,14-15H2,1-2H3,(H,30,34). The zero-order valence-corrected chi connectivity index (χ0v) is 20.2. The van der Waals surface area contributed by atoms with Gasteiger partial charge >= 0.3 is 6.03 Å². The summed E-state index contributed by atoms with van der Waals surface area (Å²) in [5, 5.41) is 7.20. The number of halogens is 1. The van der Waals surface area contributed by atoms with E-state index < -0.39 is 11.9 Å². The van der Waals surface area contributed by atoms with Crippen LogP contribution in [0.25, 0.3) is 17.0 Å². The first-order valence-electron chi connectivity index (χ1n) is 11.8. The second-order valence-electron chi connectivity index (χ2n) is 8.94. The summed E-state index contributed by atoms with van der Waals surface area (Å²) in [7, 11) is 0. The minimum atomic E-state index is -0.679. The number of carbonyl (C=O) groups is 1. The molecule has 2 aliphatic heterocycles. The van der Waals surface area contributed by atoms with Crippen LogP contribution in [0.5, 0.6) is 11.5 Å². The Morgan fingerprint density at radius 3 is 2.70 bits per heavy atom. The quantitative estimate of drug-likeness (QED) is 0.385. The molecule has 3 heterocycles. The number of urea groups is 1. The van der Waals surface area contributed by atoms with Crippen molar-refractivity contribution in [3.8, 4) is 22.9 Å². The van der Waals surface area contributed by atoms with Crippen LogP contribution in [-0.2, 0) is 6.54 Å². The van der Waals surface area contributed by atoms with Crippen LogP contribution in [0.2, 0.25) is 0 Å². The molecule has 0 radical (unpaired) electrons. The van der Waals surface area contributed by atoms with Gasteiger partial charge in [-0.2, -0.15) is 4.98 Å². The lowest BCUT2D eigenvalue weighted by Gasteiger charge is -2.35. The van der Waals surface area contributed by atoms with Gasteiger partial charge in [0.15, 0.2) is 11.5 Å². The van der Waals surface area contributed by atoms with Gasteiger partial charge in [0.2, 0.25) is 12.6 Å². The lowest BCUT2D eigenvalue weighted by Crippen LogP contribution is -2.45. The fourth-order valence-corrected chi connectivity index (χ4v) is 4.63. The van der Waals surface area contributed by atoms with E-state index in [-0.39, 0.29) is 18.7 Å².